The van der Waals surface area contributed by atoms with E-state index in [1.807, 2.05) is 0 Å². The van der Waals surface area contributed by atoms with Crippen LogP contribution in [-0.4, -0.2) is 18.1 Å². The number of hydrogen-bond donors (Lipinski definition) is 1. The Labute approximate surface area is 75.5 Å². The van der Waals surface area contributed by atoms with E-state index in [0.717, 1.165) is 0 Å². The van der Waals surface area contributed by atoms with Crippen LogP contribution in [0.1, 0.15) is 26.2 Å². The lowest BCUT2D eigenvalue weighted by Gasteiger charge is -2.18. The second-order valence-electron chi connectivity index (χ2n) is 4.68. The minimum atomic E-state index is -2.52. The van der Waals surface area contributed by atoms with Gasteiger partial charge in [-0.2, -0.15) is 0 Å². The highest BCUT2D eigenvalue weighted by molar-refractivity contribution is 5.09. The lowest BCUT2D eigenvalue weighted by Crippen LogP contribution is -2.32. The predicted octanol–water partition coefficient (Wildman–Crippen LogP) is 2.11. The van der Waals surface area contributed by atoms with Crippen molar-refractivity contribution in [3.05, 3.63) is 0 Å². The summed E-state index contributed by atoms with van der Waals surface area (Å²) in [5, 5.41) is 0. The van der Waals surface area contributed by atoms with Gasteiger partial charge in [0.15, 0.2) is 0 Å². The second-order valence-corrected chi connectivity index (χ2v) is 4.68. The van der Waals surface area contributed by atoms with Crippen molar-refractivity contribution < 1.29 is 13.2 Å². The summed E-state index contributed by atoms with van der Waals surface area (Å²) in [6.45, 7) is 1.74. The topological polar surface area (TPSA) is 26.0 Å². The van der Waals surface area contributed by atoms with Crippen molar-refractivity contribution in [2.45, 2.75) is 44.3 Å². The first-order valence-corrected chi connectivity index (χ1v) is 4.64. The lowest BCUT2D eigenvalue weighted by atomic mass is 9.94. The van der Waals surface area contributed by atoms with Crippen LogP contribution in [0.2, 0.25) is 0 Å². The van der Waals surface area contributed by atoms with Crippen LogP contribution in [0.25, 0.3) is 0 Å². The Bertz CT molecular complexity index is 231. The summed E-state index contributed by atoms with van der Waals surface area (Å²) in [4.78, 5) is 0. The Morgan fingerprint density at radius 1 is 1.46 bits per heavy atom. The van der Waals surface area contributed by atoms with Gasteiger partial charge in [0.2, 0.25) is 0 Å². The molecule has 4 heteroatoms. The second kappa shape index (κ2) is 2.41. The third-order valence-electron chi connectivity index (χ3n) is 3.52. The van der Waals surface area contributed by atoms with Crippen molar-refractivity contribution in [3.63, 3.8) is 0 Å². The van der Waals surface area contributed by atoms with E-state index < -0.39 is 29.5 Å². The van der Waals surface area contributed by atoms with Gasteiger partial charge in [-0.25, -0.2) is 13.2 Å². The first kappa shape index (κ1) is 9.31. The Kier molecular flexibility index (Phi) is 1.72. The molecule has 0 bridgehead atoms. The Morgan fingerprint density at radius 2 is 1.92 bits per heavy atom. The monoisotopic (exact) mass is 193 g/mol. The molecule has 13 heavy (non-hydrogen) atoms. The van der Waals surface area contributed by atoms with Gasteiger partial charge < -0.3 is 5.73 Å². The van der Waals surface area contributed by atoms with E-state index in [4.69, 9.17) is 5.73 Å². The zero-order chi connectivity index (χ0) is 9.85. The summed E-state index contributed by atoms with van der Waals surface area (Å²) in [5.74, 6) is -3.11. The summed E-state index contributed by atoms with van der Waals surface area (Å²) in [6, 6.07) is -0.402. The van der Waals surface area contributed by atoms with Gasteiger partial charge in [0.25, 0.3) is 5.92 Å². The normalized spacial score (nSPS) is 48.7. The number of alkyl halides is 3. The largest absolute Gasteiger partial charge is 0.327 e. The summed E-state index contributed by atoms with van der Waals surface area (Å²) in [7, 11) is 0. The maximum atomic E-state index is 12.8. The molecule has 2 N–H and O–H groups in total. The summed E-state index contributed by atoms with van der Waals surface area (Å²) in [5.41, 5.74) is 5.18. The standard InChI is InChI=1S/C9H14F3N/c1-8(4-6(8)10)7(13)2-5-3-9(5,11)12/h5-7H,2-4,13H2,1H3. The van der Waals surface area contributed by atoms with Crippen LogP contribution in [0.4, 0.5) is 13.2 Å². The van der Waals surface area contributed by atoms with Crippen LogP contribution in [0.3, 0.4) is 0 Å². The minimum absolute atomic E-state index is 0.0618. The van der Waals surface area contributed by atoms with Crippen LogP contribution >= 0.6 is 0 Å². The molecule has 0 saturated heterocycles. The molecule has 0 aromatic rings. The molecule has 0 aromatic carbocycles. The summed E-state index contributed by atoms with van der Waals surface area (Å²) >= 11 is 0. The summed E-state index contributed by atoms with van der Waals surface area (Å²) < 4.78 is 37.8. The molecule has 2 rings (SSSR count). The Balaban J connectivity index is 1.84. The number of nitrogens with two attached hydrogens (primary N) is 1. The quantitative estimate of drug-likeness (QED) is 0.729. The molecular formula is C9H14F3N. The van der Waals surface area contributed by atoms with Crippen molar-refractivity contribution in [1.82, 2.24) is 0 Å². The van der Waals surface area contributed by atoms with Crippen LogP contribution in [0.5, 0.6) is 0 Å². The van der Waals surface area contributed by atoms with Gasteiger partial charge in [0.1, 0.15) is 6.17 Å². The molecular weight excluding hydrogens is 179 g/mol. The molecule has 1 nitrogen and oxygen atoms in total. The van der Waals surface area contributed by atoms with Gasteiger partial charge in [-0.3, -0.25) is 0 Å². The molecule has 76 valence electrons. The molecule has 2 saturated carbocycles. The average Bonchev–Trinajstić information content (AvgIpc) is 2.76. The third kappa shape index (κ3) is 1.45. The smallest absolute Gasteiger partial charge is 0.251 e. The van der Waals surface area contributed by atoms with Gasteiger partial charge in [0, 0.05) is 23.8 Å². The van der Waals surface area contributed by atoms with Crippen LogP contribution < -0.4 is 5.73 Å². The molecule has 0 amide bonds. The molecule has 0 radical (unpaired) electrons. The molecule has 2 aliphatic carbocycles. The Hall–Kier alpha value is -0.250. The van der Waals surface area contributed by atoms with E-state index in [2.05, 4.69) is 0 Å². The van der Waals surface area contributed by atoms with Crippen molar-refractivity contribution in [2.75, 3.05) is 0 Å². The van der Waals surface area contributed by atoms with E-state index in [1.165, 1.54) is 0 Å². The van der Waals surface area contributed by atoms with Crippen LogP contribution in [0, 0.1) is 11.3 Å². The van der Waals surface area contributed by atoms with Crippen LogP contribution in [0.15, 0.2) is 0 Å². The molecule has 0 heterocycles. The molecule has 2 fully saturated rings. The van der Waals surface area contributed by atoms with Gasteiger partial charge >= 0.3 is 0 Å². The van der Waals surface area contributed by atoms with Gasteiger partial charge in [-0.1, -0.05) is 6.92 Å². The maximum absolute atomic E-state index is 12.8. The maximum Gasteiger partial charge on any atom is 0.251 e. The van der Waals surface area contributed by atoms with E-state index in [0.29, 0.717) is 6.42 Å². The van der Waals surface area contributed by atoms with Crippen LogP contribution in [-0.2, 0) is 0 Å². The first-order valence-electron chi connectivity index (χ1n) is 4.64. The van der Waals surface area contributed by atoms with Crippen molar-refractivity contribution >= 4 is 0 Å². The van der Waals surface area contributed by atoms with E-state index >= 15 is 0 Å². The summed E-state index contributed by atoms with van der Waals surface area (Å²) in [6.07, 6.45) is -0.237. The minimum Gasteiger partial charge on any atom is -0.327 e. The van der Waals surface area contributed by atoms with Crippen molar-refractivity contribution in [1.29, 1.82) is 0 Å². The molecule has 4 atom stereocenters. The number of halogens is 3. The van der Waals surface area contributed by atoms with E-state index in [1.54, 1.807) is 6.92 Å². The van der Waals surface area contributed by atoms with E-state index in [9.17, 15) is 13.2 Å². The van der Waals surface area contributed by atoms with Gasteiger partial charge in [-0.05, 0) is 12.8 Å². The molecule has 0 spiro atoms. The fraction of sp³-hybridized carbons (Fsp3) is 1.00. The lowest BCUT2D eigenvalue weighted by molar-refractivity contribution is 0.0928. The molecule has 0 aromatic heterocycles. The Morgan fingerprint density at radius 3 is 2.23 bits per heavy atom. The van der Waals surface area contributed by atoms with Crippen molar-refractivity contribution in [3.8, 4) is 0 Å². The highest BCUT2D eigenvalue weighted by Gasteiger charge is 2.61. The average molecular weight is 193 g/mol. The van der Waals surface area contributed by atoms with Crippen molar-refractivity contribution in [2.24, 2.45) is 17.1 Å². The molecule has 4 unspecified atom stereocenters. The zero-order valence-electron chi connectivity index (χ0n) is 7.56. The van der Waals surface area contributed by atoms with Gasteiger partial charge in [-0.15, -0.1) is 0 Å². The fourth-order valence-electron chi connectivity index (χ4n) is 1.81. The number of rotatable bonds is 3. The zero-order valence-corrected chi connectivity index (χ0v) is 7.56. The highest BCUT2D eigenvalue weighted by Crippen LogP contribution is 2.56. The number of hydrogen-bond acceptors (Lipinski definition) is 1. The first-order chi connectivity index (χ1) is 5.86. The van der Waals surface area contributed by atoms with E-state index in [-0.39, 0.29) is 12.8 Å². The highest BCUT2D eigenvalue weighted by atomic mass is 19.3. The third-order valence-corrected chi connectivity index (χ3v) is 3.52. The molecule has 0 aliphatic heterocycles. The molecule has 2 aliphatic rings. The predicted molar refractivity (Wildman–Crippen MR) is 43.3 cm³/mol. The fourth-order valence-corrected chi connectivity index (χ4v) is 1.81. The SMILES string of the molecule is CC1(C(N)CC2CC2(F)F)CC1F. The van der Waals surface area contributed by atoms with Gasteiger partial charge in [0.05, 0.1) is 0 Å².